The first-order chi connectivity index (χ1) is 6.10. The molecule has 0 aliphatic rings. The van der Waals surface area contributed by atoms with Crippen LogP contribution in [0.5, 0.6) is 0 Å². The van der Waals surface area contributed by atoms with Crippen molar-refractivity contribution in [2.45, 2.75) is 6.92 Å². The van der Waals surface area contributed by atoms with Crippen molar-refractivity contribution in [3.05, 3.63) is 48.0 Å². The van der Waals surface area contributed by atoms with E-state index >= 15 is 0 Å². The molecule has 0 aromatic rings. The average Bonchev–Trinajstić information content (AvgIpc) is 2.04. The molecular weight excluding hydrogens is 169 g/mol. The number of aldehydes is 1. The maximum Gasteiger partial charge on any atom is 0.149 e. The Morgan fingerprint density at radius 2 is 2.08 bits per heavy atom. The Morgan fingerprint density at radius 3 is 2.54 bits per heavy atom. The Balaban J connectivity index is 4.52. The Bertz CT molecular complexity index is 287. The third-order valence-electron chi connectivity index (χ3n) is 1.13. The van der Waals surface area contributed by atoms with Crippen LogP contribution in [0, 0.1) is 0 Å². The molecule has 0 aromatic heterocycles. The maximum absolute atomic E-state index is 12.7. The second-order valence-electron chi connectivity index (χ2n) is 2.37. The predicted octanol–water partition coefficient (Wildman–Crippen LogP) is 2.01. The van der Waals surface area contributed by atoms with Crippen molar-refractivity contribution >= 4 is 6.29 Å². The first-order valence-corrected chi connectivity index (χ1v) is 3.71. The first kappa shape index (κ1) is 11.4. The van der Waals surface area contributed by atoms with E-state index in [0.717, 1.165) is 6.08 Å². The van der Waals surface area contributed by atoms with Crippen molar-refractivity contribution in [3.63, 3.8) is 0 Å². The molecule has 2 nitrogen and oxygen atoms in total. The molecule has 0 aliphatic carbocycles. The lowest BCUT2D eigenvalue weighted by molar-refractivity contribution is -0.104. The number of allylic oxidation sites excluding steroid dienone is 6. The molecule has 0 fully saturated rings. The molecule has 0 aromatic carbocycles. The van der Waals surface area contributed by atoms with Gasteiger partial charge in [-0.2, -0.15) is 0 Å². The summed E-state index contributed by atoms with van der Waals surface area (Å²) >= 11 is 0. The van der Waals surface area contributed by atoms with Crippen molar-refractivity contribution in [3.8, 4) is 0 Å². The molecule has 0 spiro atoms. The molecule has 0 rings (SSSR count). The fraction of sp³-hybridized carbons (Fsp3) is 0.100. The summed E-state index contributed by atoms with van der Waals surface area (Å²) in [6, 6.07) is 0. The fourth-order valence-corrected chi connectivity index (χ4v) is 0.656. The van der Waals surface area contributed by atoms with Gasteiger partial charge in [0.25, 0.3) is 0 Å². The molecular formula is C10H12FNO. The Kier molecular flexibility index (Phi) is 5.19. The van der Waals surface area contributed by atoms with Gasteiger partial charge in [0, 0.05) is 11.3 Å². The number of hydrogen-bond donors (Lipinski definition) is 1. The number of carbonyl (C=O) groups is 1. The molecule has 0 heterocycles. The van der Waals surface area contributed by atoms with E-state index in [-0.39, 0.29) is 11.3 Å². The van der Waals surface area contributed by atoms with E-state index in [1.54, 1.807) is 13.0 Å². The van der Waals surface area contributed by atoms with Crippen LogP contribution in [0.1, 0.15) is 6.92 Å². The highest BCUT2D eigenvalue weighted by Crippen LogP contribution is 2.03. The second kappa shape index (κ2) is 5.94. The van der Waals surface area contributed by atoms with Gasteiger partial charge in [0.1, 0.15) is 12.1 Å². The summed E-state index contributed by atoms with van der Waals surface area (Å²) in [5.74, 6) is -0.463. The van der Waals surface area contributed by atoms with E-state index in [2.05, 4.69) is 6.58 Å². The van der Waals surface area contributed by atoms with Gasteiger partial charge in [-0.15, -0.1) is 0 Å². The van der Waals surface area contributed by atoms with Crippen molar-refractivity contribution in [2.24, 2.45) is 5.73 Å². The zero-order valence-electron chi connectivity index (χ0n) is 7.46. The lowest BCUT2D eigenvalue weighted by atomic mass is 10.2. The molecule has 13 heavy (non-hydrogen) atoms. The van der Waals surface area contributed by atoms with Crippen LogP contribution >= 0.6 is 0 Å². The molecule has 0 atom stereocenters. The van der Waals surface area contributed by atoms with Crippen LogP contribution in [0.4, 0.5) is 4.39 Å². The summed E-state index contributed by atoms with van der Waals surface area (Å²) in [7, 11) is 0. The standard InChI is InChI=1S/C10H12FNO/c1-3-4-9(11)6-10(12)5-8(2)7-13/h3-7H,2,12H2,1H3/b4-3-,9-6+,10-5-. The third kappa shape index (κ3) is 5.61. The van der Waals surface area contributed by atoms with Crippen LogP contribution in [0.15, 0.2) is 48.0 Å². The molecule has 0 radical (unpaired) electrons. The largest absolute Gasteiger partial charge is 0.399 e. The Hall–Kier alpha value is -1.64. The highest BCUT2D eigenvalue weighted by molar-refractivity contribution is 5.76. The number of halogens is 1. The van der Waals surface area contributed by atoms with Gasteiger partial charge in [0.05, 0.1) is 0 Å². The van der Waals surface area contributed by atoms with Gasteiger partial charge in [-0.1, -0.05) is 12.7 Å². The summed E-state index contributed by atoms with van der Waals surface area (Å²) in [5, 5.41) is 0. The first-order valence-electron chi connectivity index (χ1n) is 3.71. The SMILES string of the molecule is C=C(C=O)/C=C(N)/C=C(F)\C=C/C. The van der Waals surface area contributed by atoms with Gasteiger partial charge in [-0.25, -0.2) is 4.39 Å². The molecule has 3 heteroatoms. The van der Waals surface area contributed by atoms with E-state index < -0.39 is 5.83 Å². The summed E-state index contributed by atoms with van der Waals surface area (Å²) in [4.78, 5) is 10.1. The van der Waals surface area contributed by atoms with Crippen LogP contribution in [0.3, 0.4) is 0 Å². The van der Waals surface area contributed by atoms with E-state index in [0.29, 0.717) is 6.29 Å². The van der Waals surface area contributed by atoms with Crippen LogP contribution in [0.25, 0.3) is 0 Å². The number of hydrogen-bond acceptors (Lipinski definition) is 2. The maximum atomic E-state index is 12.7. The Labute approximate surface area is 76.9 Å². The van der Waals surface area contributed by atoms with E-state index in [1.165, 1.54) is 12.2 Å². The zero-order chi connectivity index (χ0) is 10.3. The van der Waals surface area contributed by atoms with Gasteiger partial charge in [-0.3, -0.25) is 4.79 Å². The van der Waals surface area contributed by atoms with E-state index in [1.807, 2.05) is 0 Å². The summed E-state index contributed by atoms with van der Waals surface area (Å²) in [5.41, 5.74) is 5.74. The predicted molar refractivity (Wildman–Crippen MR) is 51.5 cm³/mol. The van der Waals surface area contributed by atoms with Crippen LogP contribution in [0.2, 0.25) is 0 Å². The normalized spacial score (nSPS) is 13.4. The fourth-order valence-electron chi connectivity index (χ4n) is 0.656. The smallest absolute Gasteiger partial charge is 0.149 e. The molecule has 0 bridgehead atoms. The third-order valence-corrected chi connectivity index (χ3v) is 1.13. The van der Waals surface area contributed by atoms with E-state index in [4.69, 9.17) is 5.73 Å². The summed E-state index contributed by atoms with van der Waals surface area (Å²) in [6.45, 7) is 5.06. The van der Waals surface area contributed by atoms with Gasteiger partial charge in [-0.05, 0) is 25.2 Å². The Morgan fingerprint density at radius 1 is 1.46 bits per heavy atom. The van der Waals surface area contributed by atoms with Crippen LogP contribution < -0.4 is 5.73 Å². The molecule has 0 saturated carbocycles. The number of carbonyl (C=O) groups excluding carboxylic acids is 1. The number of rotatable bonds is 4. The molecule has 0 amide bonds. The molecule has 2 N–H and O–H groups in total. The van der Waals surface area contributed by atoms with Crippen molar-refractivity contribution in [2.75, 3.05) is 0 Å². The monoisotopic (exact) mass is 181 g/mol. The molecule has 70 valence electrons. The average molecular weight is 181 g/mol. The van der Waals surface area contributed by atoms with Gasteiger partial charge in [0.2, 0.25) is 0 Å². The lowest BCUT2D eigenvalue weighted by Crippen LogP contribution is -1.94. The van der Waals surface area contributed by atoms with Crippen molar-refractivity contribution in [1.82, 2.24) is 0 Å². The van der Waals surface area contributed by atoms with Crippen molar-refractivity contribution < 1.29 is 9.18 Å². The summed E-state index contributed by atoms with van der Waals surface area (Å²) < 4.78 is 12.7. The molecule has 0 aliphatic heterocycles. The number of nitrogens with two attached hydrogens (primary N) is 1. The highest BCUT2D eigenvalue weighted by Gasteiger charge is 1.90. The summed E-state index contributed by atoms with van der Waals surface area (Å²) in [6.07, 6.45) is 5.79. The topological polar surface area (TPSA) is 43.1 Å². The molecule has 0 saturated heterocycles. The minimum absolute atomic E-state index is 0.160. The molecule has 0 unspecified atom stereocenters. The van der Waals surface area contributed by atoms with Gasteiger partial charge in [0.15, 0.2) is 0 Å². The quantitative estimate of drug-likeness (QED) is 0.409. The van der Waals surface area contributed by atoms with E-state index in [9.17, 15) is 9.18 Å². The van der Waals surface area contributed by atoms with Crippen LogP contribution in [-0.2, 0) is 4.79 Å². The van der Waals surface area contributed by atoms with Gasteiger partial charge >= 0.3 is 0 Å². The highest BCUT2D eigenvalue weighted by atomic mass is 19.1. The zero-order valence-corrected chi connectivity index (χ0v) is 7.46. The van der Waals surface area contributed by atoms with Crippen molar-refractivity contribution in [1.29, 1.82) is 0 Å². The minimum Gasteiger partial charge on any atom is -0.399 e. The van der Waals surface area contributed by atoms with Gasteiger partial charge < -0.3 is 5.73 Å². The van der Waals surface area contributed by atoms with Crippen LogP contribution in [-0.4, -0.2) is 6.29 Å². The second-order valence-corrected chi connectivity index (χ2v) is 2.37. The minimum atomic E-state index is -0.463. The lowest BCUT2D eigenvalue weighted by Gasteiger charge is -1.92.